The second-order valence-corrected chi connectivity index (χ2v) is 6.25. The second-order valence-electron chi connectivity index (χ2n) is 5.48. The molecule has 11 nitrogen and oxygen atoms in total. The van der Waals surface area contributed by atoms with Crippen LogP contribution in [0.15, 0.2) is 5.16 Å². The molecular weight excluding hydrogens is 350 g/mol. The zero-order valence-electron chi connectivity index (χ0n) is 13.4. The Labute approximate surface area is 146 Å². The van der Waals surface area contributed by atoms with Gasteiger partial charge in [-0.3, -0.25) is 5.01 Å². The molecule has 2 aromatic heterocycles. The van der Waals surface area contributed by atoms with Gasteiger partial charge in [-0.2, -0.15) is 10.4 Å². The van der Waals surface area contributed by atoms with Gasteiger partial charge in [0, 0.05) is 7.05 Å². The maximum Gasteiger partial charge on any atom is 0.191 e. The summed E-state index contributed by atoms with van der Waals surface area (Å²) in [5.74, 6) is 6.11. The zero-order chi connectivity index (χ0) is 18.3. The number of anilines is 1. The van der Waals surface area contributed by atoms with Gasteiger partial charge in [-0.05, 0) is 6.26 Å². The molecule has 3 heterocycles. The first-order valence-electron chi connectivity index (χ1n) is 7.28. The van der Waals surface area contributed by atoms with E-state index >= 15 is 0 Å². The minimum Gasteiger partial charge on any atom is -0.394 e. The number of thioether (sulfide) groups is 1. The minimum atomic E-state index is -1.35. The van der Waals surface area contributed by atoms with Crippen molar-refractivity contribution in [3.8, 4) is 6.07 Å². The molecule has 0 saturated carbocycles. The number of rotatable bonds is 4. The van der Waals surface area contributed by atoms with E-state index in [1.165, 1.54) is 21.5 Å². The van der Waals surface area contributed by atoms with Gasteiger partial charge in [0.2, 0.25) is 0 Å². The normalized spacial score (nSPS) is 26.1. The van der Waals surface area contributed by atoms with Crippen molar-refractivity contribution in [1.29, 1.82) is 5.26 Å². The summed E-state index contributed by atoms with van der Waals surface area (Å²) in [6.45, 7) is -0.471. The first-order chi connectivity index (χ1) is 11.9. The fourth-order valence-electron chi connectivity index (χ4n) is 2.68. The van der Waals surface area contributed by atoms with Crippen LogP contribution in [0.3, 0.4) is 0 Å². The van der Waals surface area contributed by atoms with Crippen molar-refractivity contribution < 1.29 is 20.1 Å². The van der Waals surface area contributed by atoms with Gasteiger partial charge < -0.3 is 20.1 Å². The third kappa shape index (κ3) is 2.80. The van der Waals surface area contributed by atoms with E-state index in [1.807, 2.05) is 6.07 Å². The van der Waals surface area contributed by atoms with Crippen LogP contribution in [-0.2, 0) is 4.74 Å². The quantitative estimate of drug-likeness (QED) is 0.211. The largest absolute Gasteiger partial charge is 0.394 e. The number of fused-ring (bicyclic) bond motifs is 1. The molecule has 0 radical (unpaired) electrons. The van der Waals surface area contributed by atoms with Crippen molar-refractivity contribution in [2.75, 3.05) is 24.9 Å². The van der Waals surface area contributed by atoms with Crippen molar-refractivity contribution >= 4 is 28.6 Å². The Hall–Kier alpha value is -2.01. The van der Waals surface area contributed by atoms with E-state index < -0.39 is 31.1 Å². The van der Waals surface area contributed by atoms with Gasteiger partial charge in [-0.15, -0.1) is 0 Å². The second kappa shape index (κ2) is 6.71. The molecule has 0 amide bonds. The minimum absolute atomic E-state index is 0.00712. The van der Waals surface area contributed by atoms with Crippen molar-refractivity contribution in [2.45, 2.75) is 29.7 Å². The highest BCUT2D eigenvalue weighted by Crippen LogP contribution is 2.34. The summed E-state index contributed by atoms with van der Waals surface area (Å²) in [7, 11) is 1.57. The SMILES string of the molecule is CSc1nc(N(C)N)c2c(C#N)nn([C@@H]3O[C@H](CO)[C@@H](O)[C@H]3O)c2n1. The molecule has 1 aliphatic heterocycles. The number of hydrazine groups is 1. The highest BCUT2D eigenvalue weighted by atomic mass is 32.2. The Balaban J connectivity index is 2.23. The topological polar surface area (TPSA) is 167 Å². The average molecular weight is 367 g/mol. The molecule has 0 aliphatic carbocycles. The summed E-state index contributed by atoms with van der Waals surface area (Å²) in [5.41, 5.74) is 0.241. The Morgan fingerprint density at radius 2 is 2.12 bits per heavy atom. The fourth-order valence-corrected chi connectivity index (χ4v) is 3.04. The molecule has 4 atom stereocenters. The van der Waals surface area contributed by atoms with Crippen LogP contribution in [0, 0.1) is 11.3 Å². The molecule has 1 saturated heterocycles. The Kier molecular flexibility index (Phi) is 4.78. The molecule has 1 fully saturated rings. The van der Waals surface area contributed by atoms with E-state index in [9.17, 15) is 20.6 Å². The number of aromatic nitrogens is 4. The van der Waals surface area contributed by atoms with Gasteiger partial charge in [-0.1, -0.05) is 11.8 Å². The highest BCUT2D eigenvalue weighted by Gasteiger charge is 2.45. The molecule has 0 bridgehead atoms. The van der Waals surface area contributed by atoms with Crippen LogP contribution in [0.25, 0.3) is 11.0 Å². The number of hydrogen-bond acceptors (Lipinski definition) is 11. The van der Waals surface area contributed by atoms with Crippen LogP contribution >= 0.6 is 11.8 Å². The monoisotopic (exact) mass is 367 g/mol. The predicted octanol–water partition coefficient (Wildman–Crippen LogP) is -1.66. The van der Waals surface area contributed by atoms with Gasteiger partial charge in [0.25, 0.3) is 0 Å². The number of aliphatic hydroxyl groups excluding tert-OH is 3. The first kappa shape index (κ1) is 17.8. The molecule has 0 unspecified atom stereocenters. The third-order valence-corrected chi connectivity index (χ3v) is 4.44. The zero-order valence-corrected chi connectivity index (χ0v) is 14.3. The van der Waals surface area contributed by atoms with E-state index in [2.05, 4.69) is 15.1 Å². The van der Waals surface area contributed by atoms with Gasteiger partial charge in [0.1, 0.15) is 29.8 Å². The number of hydrogen-bond donors (Lipinski definition) is 4. The summed E-state index contributed by atoms with van der Waals surface area (Å²) in [6.07, 6.45) is -2.95. The molecule has 3 rings (SSSR count). The predicted molar refractivity (Wildman–Crippen MR) is 87.4 cm³/mol. The number of ether oxygens (including phenoxy) is 1. The maximum absolute atomic E-state index is 10.2. The Morgan fingerprint density at radius 3 is 2.64 bits per heavy atom. The first-order valence-corrected chi connectivity index (χ1v) is 8.50. The lowest BCUT2D eigenvalue weighted by Gasteiger charge is -2.17. The van der Waals surface area contributed by atoms with Gasteiger partial charge in [0.05, 0.1) is 6.61 Å². The summed E-state index contributed by atoms with van der Waals surface area (Å²) >= 11 is 1.27. The van der Waals surface area contributed by atoms with Crippen LogP contribution < -0.4 is 10.9 Å². The lowest BCUT2D eigenvalue weighted by atomic mass is 10.1. The van der Waals surface area contributed by atoms with E-state index in [1.54, 1.807) is 13.3 Å². The number of nitrogens with zero attached hydrogens (tertiary/aromatic N) is 6. The summed E-state index contributed by atoms with van der Waals surface area (Å²) in [4.78, 5) is 8.63. The summed E-state index contributed by atoms with van der Waals surface area (Å²) in [6, 6.07) is 1.95. The molecule has 0 aromatic carbocycles. The number of aliphatic hydroxyl groups is 3. The molecule has 1 aliphatic rings. The van der Waals surface area contributed by atoms with Gasteiger partial charge >= 0.3 is 0 Å². The molecule has 134 valence electrons. The van der Waals surface area contributed by atoms with E-state index in [4.69, 9.17) is 10.6 Å². The average Bonchev–Trinajstić information content (AvgIpc) is 3.11. The highest BCUT2D eigenvalue weighted by molar-refractivity contribution is 7.98. The van der Waals surface area contributed by atoms with E-state index in [0.717, 1.165) is 0 Å². The molecule has 0 spiro atoms. The van der Waals surface area contributed by atoms with Crippen LogP contribution in [-0.4, -0.2) is 73.3 Å². The van der Waals surface area contributed by atoms with E-state index in [-0.39, 0.29) is 11.3 Å². The molecule has 25 heavy (non-hydrogen) atoms. The van der Waals surface area contributed by atoms with Crippen molar-refractivity contribution in [2.24, 2.45) is 5.84 Å². The van der Waals surface area contributed by atoms with Crippen LogP contribution in [0.1, 0.15) is 11.9 Å². The smallest absolute Gasteiger partial charge is 0.191 e. The van der Waals surface area contributed by atoms with Gasteiger partial charge in [-0.25, -0.2) is 20.5 Å². The molecular formula is C13H17N7O4S. The Bertz CT molecular complexity index is 836. The Morgan fingerprint density at radius 1 is 1.40 bits per heavy atom. The lowest BCUT2D eigenvalue weighted by molar-refractivity contribution is -0.0567. The van der Waals surface area contributed by atoms with Crippen LogP contribution in [0.2, 0.25) is 0 Å². The van der Waals surface area contributed by atoms with Crippen LogP contribution in [0.5, 0.6) is 0 Å². The van der Waals surface area contributed by atoms with Crippen LogP contribution in [0.4, 0.5) is 5.82 Å². The molecule has 12 heteroatoms. The standard InChI is InChI=1S/C13H17N7O4S/c1-19(15)10-7-5(3-14)18-20(11(7)17-13(16-10)25-2)12-9(23)8(22)6(4-21)24-12/h6,8-9,12,21-23H,4,15H2,1-2H3/t6-,8-,9-,12-/m1/s1. The third-order valence-electron chi connectivity index (χ3n) is 3.89. The van der Waals surface area contributed by atoms with Crippen molar-refractivity contribution in [3.05, 3.63) is 5.69 Å². The molecule has 2 aromatic rings. The number of nitriles is 1. The molecule has 5 N–H and O–H groups in total. The van der Waals surface area contributed by atoms with E-state index in [0.29, 0.717) is 16.4 Å². The summed E-state index contributed by atoms with van der Waals surface area (Å²) in [5, 5.41) is 44.9. The fraction of sp³-hybridized carbons (Fsp3) is 0.538. The summed E-state index contributed by atoms with van der Waals surface area (Å²) < 4.78 is 6.70. The maximum atomic E-state index is 10.2. The lowest BCUT2D eigenvalue weighted by Crippen LogP contribution is -2.33. The van der Waals surface area contributed by atoms with Crippen molar-refractivity contribution in [1.82, 2.24) is 19.7 Å². The number of nitrogens with two attached hydrogens (primary N) is 1. The van der Waals surface area contributed by atoms with Crippen molar-refractivity contribution in [3.63, 3.8) is 0 Å². The van der Waals surface area contributed by atoms with Gasteiger partial charge in [0.15, 0.2) is 28.5 Å².